The predicted molar refractivity (Wildman–Crippen MR) is 116 cm³/mol. The summed E-state index contributed by atoms with van der Waals surface area (Å²) < 4.78 is 0. The molecule has 0 aliphatic heterocycles. The molecule has 4 amide bonds. The summed E-state index contributed by atoms with van der Waals surface area (Å²) in [7, 11) is 0. The molecule has 0 aliphatic rings. The van der Waals surface area contributed by atoms with Gasteiger partial charge in [0, 0.05) is 17.5 Å². The fourth-order valence-electron chi connectivity index (χ4n) is 2.37. The van der Waals surface area contributed by atoms with E-state index in [4.69, 9.17) is 5.73 Å². The first-order chi connectivity index (χ1) is 14.0. The van der Waals surface area contributed by atoms with Crippen LogP contribution in [0.3, 0.4) is 0 Å². The highest BCUT2D eigenvalue weighted by molar-refractivity contribution is 7.18. The van der Waals surface area contributed by atoms with Crippen LogP contribution in [0.25, 0.3) is 0 Å². The Labute approximate surface area is 179 Å². The number of nitrogens with two attached hydrogens (primary N) is 1. The zero-order valence-electron chi connectivity index (χ0n) is 17.4. The van der Waals surface area contributed by atoms with Gasteiger partial charge < -0.3 is 21.7 Å². The Morgan fingerprint density at radius 3 is 2.20 bits per heavy atom. The molecule has 0 atom stereocenters. The first-order valence-electron chi connectivity index (χ1n) is 9.33. The van der Waals surface area contributed by atoms with Crippen molar-refractivity contribution in [2.24, 2.45) is 11.1 Å². The van der Waals surface area contributed by atoms with E-state index in [2.05, 4.69) is 16.0 Å². The van der Waals surface area contributed by atoms with Gasteiger partial charge in [-0.15, -0.1) is 11.3 Å². The molecule has 5 N–H and O–H groups in total. The molecule has 0 aliphatic carbocycles. The predicted octanol–water partition coefficient (Wildman–Crippen LogP) is 2.19. The molecular weight excluding hydrogens is 404 g/mol. The van der Waals surface area contributed by atoms with Crippen LogP contribution < -0.4 is 21.7 Å². The summed E-state index contributed by atoms with van der Waals surface area (Å²) in [5.41, 5.74) is 6.45. The van der Waals surface area contributed by atoms with Gasteiger partial charge in [0.25, 0.3) is 11.8 Å². The maximum atomic E-state index is 12.5. The number of hydrogen-bond donors (Lipinski definition) is 4. The Morgan fingerprint density at radius 1 is 1.00 bits per heavy atom. The van der Waals surface area contributed by atoms with E-state index in [0.29, 0.717) is 15.4 Å². The fourth-order valence-corrected chi connectivity index (χ4v) is 3.36. The summed E-state index contributed by atoms with van der Waals surface area (Å²) in [5.74, 6) is -1.37. The Hall–Kier alpha value is -3.20. The number of anilines is 1. The topological polar surface area (TPSA) is 130 Å². The maximum Gasteiger partial charge on any atom is 0.261 e. The van der Waals surface area contributed by atoms with E-state index in [1.54, 1.807) is 30.3 Å². The molecule has 160 valence electrons. The minimum atomic E-state index is -0.618. The zero-order valence-corrected chi connectivity index (χ0v) is 18.2. The second kappa shape index (κ2) is 9.53. The van der Waals surface area contributed by atoms with E-state index in [0.717, 1.165) is 11.1 Å². The van der Waals surface area contributed by atoms with Crippen LogP contribution in [0, 0.1) is 12.3 Å². The summed E-state index contributed by atoms with van der Waals surface area (Å²) in [6.07, 6.45) is 0. The summed E-state index contributed by atoms with van der Waals surface area (Å²) in [6.45, 7) is 7.34. The van der Waals surface area contributed by atoms with Crippen molar-refractivity contribution in [3.63, 3.8) is 0 Å². The normalized spacial score (nSPS) is 10.9. The summed E-state index contributed by atoms with van der Waals surface area (Å²) in [5, 5.41) is 8.72. The molecule has 0 bridgehead atoms. The lowest BCUT2D eigenvalue weighted by Gasteiger charge is -2.16. The third-order valence-corrected chi connectivity index (χ3v) is 5.29. The zero-order chi connectivity index (χ0) is 22.5. The lowest BCUT2D eigenvalue weighted by atomic mass is 9.96. The number of rotatable bonds is 7. The summed E-state index contributed by atoms with van der Waals surface area (Å²) in [6, 6.07) is 8.43. The SMILES string of the molecule is Cc1cc(NC(=O)C(C)(C)C)sc1C(=O)NCc1ccc(C(=O)NCC(N)=O)cc1. The number of carbonyl (C=O) groups excluding carboxylic acids is 4. The summed E-state index contributed by atoms with van der Waals surface area (Å²) >= 11 is 1.23. The summed E-state index contributed by atoms with van der Waals surface area (Å²) in [4.78, 5) is 47.8. The van der Waals surface area contributed by atoms with E-state index in [-0.39, 0.29) is 24.9 Å². The number of thiophene rings is 1. The number of aryl methyl sites for hydroxylation is 1. The van der Waals surface area contributed by atoms with Gasteiger partial charge in [-0.05, 0) is 36.2 Å². The number of primary amides is 1. The smallest absolute Gasteiger partial charge is 0.261 e. The van der Waals surface area contributed by atoms with Crippen molar-refractivity contribution in [2.75, 3.05) is 11.9 Å². The molecule has 0 radical (unpaired) electrons. The quantitative estimate of drug-likeness (QED) is 0.536. The van der Waals surface area contributed by atoms with Crippen LogP contribution in [0.4, 0.5) is 5.00 Å². The monoisotopic (exact) mass is 430 g/mol. The van der Waals surface area contributed by atoms with Crippen molar-refractivity contribution in [3.8, 4) is 0 Å². The van der Waals surface area contributed by atoms with Crippen LogP contribution >= 0.6 is 11.3 Å². The molecule has 1 aromatic carbocycles. The fraction of sp³-hybridized carbons (Fsp3) is 0.333. The van der Waals surface area contributed by atoms with Gasteiger partial charge in [-0.25, -0.2) is 0 Å². The van der Waals surface area contributed by atoms with Crippen molar-refractivity contribution in [3.05, 3.63) is 51.9 Å². The van der Waals surface area contributed by atoms with Crippen LogP contribution in [0.5, 0.6) is 0 Å². The molecule has 1 heterocycles. The van der Waals surface area contributed by atoms with Gasteiger partial charge >= 0.3 is 0 Å². The molecule has 8 nitrogen and oxygen atoms in total. The second-order valence-electron chi connectivity index (χ2n) is 7.86. The number of hydrogen-bond acceptors (Lipinski definition) is 5. The van der Waals surface area contributed by atoms with Crippen LogP contribution in [0.1, 0.15) is 51.9 Å². The average Bonchev–Trinajstić information content (AvgIpc) is 3.04. The highest BCUT2D eigenvalue weighted by Gasteiger charge is 2.23. The average molecular weight is 431 g/mol. The first kappa shape index (κ1) is 23.1. The molecule has 30 heavy (non-hydrogen) atoms. The van der Waals surface area contributed by atoms with E-state index in [1.807, 2.05) is 27.7 Å². The van der Waals surface area contributed by atoms with Gasteiger partial charge in [0.2, 0.25) is 11.8 Å². The van der Waals surface area contributed by atoms with Gasteiger partial charge in [-0.1, -0.05) is 32.9 Å². The Balaban J connectivity index is 1.95. The molecule has 0 saturated carbocycles. The van der Waals surface area contributed by atoms with Crippen LogP contribution in [0.15, 0.2) is 30.3 Å². The minimum absolute atomic E-state index is 0.115. The van der Waals surface area contributed by atoms with Crippen molar-refractivity contribution in [1.29, 1.82) is 0 Å². The van der Waals surface area contributed by atoms with Crippen molar-refractivity contribution >= 4 is 40.0 Å². The van der Waals surface area contributed by atoms with Crippen LogP contribution in [0.2, 0.25) is 0 Å². The molecule has 2 rings (SSSR count). The van der Waals surface area contributed by atoms with Crippen LogP contribution in [-0.4, -0.2) is 30.2 Å². The maximum absolute atomic E-state index is 12.5. The van der Waals surface area contributed by atoms with Crippen molar-refractivity contribution in [2.45, 2.75) is 34.2 Å². The molecule has 0 spiro atoms. The van der Waals surface area contributed by atoms with Crippen LogP contribution in [-0.2, 0) is 16.1 Å². The van der Waals surface area contributed by atoms with Crippen molar-refractivity contribution in [1.82, 2.24) is 10.6 Å². The molecule has 9 heteroatoms. The number of benzene rings is 1. The van der Waals surface area contributed by atoms with E-state index >= 15 is 0 Å². The lowest BCUT2D eigenvalue weighted by Crippen LogP contribution is -2.33. The first-order valence-corrected chi connectivity index (χ1v) is 10.1. The third-order valence-electron chi connectivity index (χ3n) is 4.13. The van der Waals surface area contributed by atoms with E-state index in [1.165, 1.54) is 11.3 Å². The largest absolute Gasteiger partial charge is 0.368 e. The lowest BCUT2D eigenvalue weighted by molar-refractivity contribution is -0.123. The number of carbonyl (C=O) groups is 4. The van der Waals surface area contributed by atoms with Gasteiger partial charge in [0.05, 0.1) is 16.4 Å². The molecule has 2 aromatic rings. The van der Waals surface area contributed by atoms with E-state index in [9.17, 15) is 19.2 Å². The van der Waals surface area contributed by atoms with Gasteiger partial charge in [0.1, 0.15) is 0 Å². The molecule has 0 saturated heterocycles. The standard InChI is InChI=1S/C21H26N4O4S/c1-12-9-16(25-20(29)21(2,3)4)30-17(12)19(28)23-10-13-5-7-14(8-6-13)18(27)24-11-15(22)26/h5-9H,10-11H2,1-4H3,(H2,22,26)(H,23,28)(H,24,27)(H,25,29). The molecule has 0 unspecified atom stereocenters. The molecule has 0 fully saturated rings. The Morgan fingerprint density at radius 2 is 1.63 bits per heavy atom. The Bertz CT molecular complexity index is 958. The number of nitrogens with one attached hydrogen (secondary N) is 3. The Kier molecular flexibility index (Phi) is 7.33. The molecular formula is C21H26N4O4S. The third kappa shape index (κ3) is 6.41. The molecule has 1 aromatic heterocycles. The van der Waals surface area contributed by atoms with Gasteiger partial charge in [0.15, 0.2) is 0 Å². The van der Waals surface area contributed by atoms with Gasteiger partial charge in [-0.3, -0.25) is 19.2 Å². The highest BCUT2D eigenvalue weighted by Crippen LogP contribution is 2.28. The van der Waals surface area contributed by atoms with E-state index < -0.39 is 17.2 Å². The second-order valence-corrected chi connectivity index (χ2v) is 8.91. The van der Waals surface area contributed by atoms with Crippen molar-refractivity contribution < 1.29 is 19.2 Å². The number of amides is 4. The van der Waals surface area contributed by atoms with Gasteiger partial charge in [-0.2, -0.15) is 0 Å². The minimum Gasteiger partial charge on any atom is -0.368 e. The highest BCUT2D eigenvalue weighted by atomic mass is 32.1.